The molecule has 1 aliphatic heterocycles. The minimum Gasteiger partial charge on any atom is -0.496 e. The maximum absolute atomic E-state index is 6.14. The summed E-state index contributed by atoms with van der Waals surface area (Å²) in [6.45, 7) is 5.78. The van der Waals surface area contributed by atoms with E-state index in [1.807, 2.05) is 36.4 Å². The van der Waals surface area contributed by atoms with E-state index in [2.05, 4.69) is 40.1 Å². The van der Waals surface area contributed by atoms with Crippen molar-refractivity contribution in [2.45, 2.75) is 13.0 Å². The van der Waals surface area contributed by atoms with Gasteiger partial charge in [0.1, 0.15) is 23.9 Å². The number of hydrogen-bond acceptors (Lipinski definition) is 5. The molecule has 4 rings (SSSR count). The Bertz CT molecular complexity index is 1020. The van der Waals surface area contributed by atoms with Crippen LogP contribution in [-0.4, -0.2) is 51.8 Å². The van der Waals surface area contributed by atoms with Gasteiger partial charge in [-0.05, 0) is 35.7 Å². The van der Waals surface area contributed by atoms with Gasteiger partial charge in [-0.2, -0.15) is 0 Å². The lowest BCUT2D eigenvalue weighted by atomic mass is 10.1. The van der Waals surface area contributed by atoms with Crippen LogP contribution in [0.5, 0.6) is 17.2 Å². The average Bonchev–Trinajstić information content (AvgIpc) is 2.87. The number of nitrogens with zero attached hydrogens (tertiary/aromatic N) is 2. The molecule has 3 aromatic rings. The molecule has 5 nitrogen and oxygen atoms in total. The number of piperazine rings is 1. The molecule has 1 heterocycles. The maximum Gasteiger partial charge on any atom is 0.127 e. The Morgan fingerprint density at radius 3 is 2.00 bits per heavy atom. The van der Waals surface area contributed by atoms with Crippen molar-refractivity contribution in [2.24, 2.45) is 0 Å². The predicted octanol–water partition coefficient (Wildman–Crippen LogP) is 5.72. The molecule has 34 heavy (non-hydrogen) atoms. The van der Waals surface area contributed by atoms with Crippen molar-refractivity contribution in [1.29, 1.82) is 0 Å². The standard InChI is InChI=1S/C27H31ClN2O3.ClH/c1-31-25-17-26(32-2)19-27(18-25)33-20-22-8-6-21(7-9-22)10-11-29-12-14-30(15-13-29)24-5-3-4-23(28)16-24;/h3-9,16-19H,10-15,20H2,1-2H3;1H. The van der Waals surface area contributed by atoms with Crippen LogP contribution in [0.1, 0.15) is 11.1 Å². The maximum atomic E-state index is 6.14. The molecule has 3 aromatic carbocycles. The topological polar surface area (TPSA) is 34.2 Å². The van der Waals surface area contributed by atoms with Crippen LogP contribution in [0.4, 0.5) is 5.69 Å². The first-order chi connectivity index (χ1) is 16.1. The van der Waals surface area contributed by atoms with Gasteiger partial charge in [0.05, 0.1) is 14.2 Å². The average molecular weight is 503 g/mol. The SMILES string of the molecule is COc1cc(OC)cc(OCc2ccc(CCN3CCN(c4cccc(Cl)c4)CC3)cc2)c1.Cl. The number of hydrogen-bond donors (Lipinski definition) is 0. The van der Waals surface area contributed by atoms with Crippen LogP contribution in [0.2, 0.25) is 5.02 Å². The molecule has 1 saturated heterocycles. The zero-order valence-corrected chi connectivity index (χ0v) is 21.3. The van der Waals surface area contributed by atoms with Crippen LogP contribution in [-0.2, 0) is 13.0 Å². The van der Waals surface area contributed by atoms with Crippen LogP contribution in [0.25, 0.3) is 0 Å². The van der Waals surface area contributed by atoms with Gasteiger partial charge in [-0.25, -0.2) is 0 Å². The summed E-state index contributed by atoms with van der Waals surface area (Å²) >= 11 is 6.14. The molecule has 0 N–H and O–H groups in total. The van der Waals surface area contributed by atoms with Gasteiger partial charge >= 0.3 is 0 Å². The molecule has 182 valence electrons. The lowest BCUT2D eigenvalue weighted by Crippen LogP contribution is -2.47. The molecule has 0 unspecified atom stereocenters. The number of halogens is 2. The zero-order valence-electron chi connectivity index (χ0n) is 19.7. The minimum absolute atomic E-state index is 0. The van der Waals surface area contributed by atoms with Gasteiger partial charge in [0.25, 0.3) is 0 Å². The molecule has 0 saturated carbocycles. The monoisotopic (exact) mass is 502 g/mol. The van der Waals surface area contributed by atoms with Crippen molar-refractivity contribution >= 4 is 29.7 Å². The van der Waals surface area contributed by atoms with E-state index in [-0.39, 0.29) is 12.4 Å². The second-order valence-electron chi connectivity index (χ2n) is 8.21. The van der Waals surface area contributed by atoms with Crippen molar-refractivity contribution < 1.29 is 14.2 Å². The Hall–Kier alpha value is -2.60. The number of ether oxygens (including phenoxy) is 3. The van der Waals surface area contributed by atoms with Crippen molar-refractivity contribution in [3.05, 3.63) is 82.9 Å². The third-order valence-electron chi connectivity index (χ3n) is 6.02. The molecule has 0 aromatic heterocycles. The molecular weight excluding hydrogens is 471 g/mol. The summed E-state index contributed by atoms with van der Waals surface area (Å²) in [7, 11) is 3.27. The van der Waals surface area contributed by atoms with Crippen molar-refractivity contribution in [2.75, 3.05) is 51.8 Å². The van der Waals surface area contributed by atoms with Crippen LogP contribution in [0.3, 0.4) is 0 Å². The smallest absolute Gasteiger partial charge is 0.127 e. The molecule has 1 fully saturated rings. The second-order valence-corrected chi connectivity index (χ2v) is 8.65. The summed E-state index contributed by atoms with van der Waals surface area (Å²) in [6.07, 6.45) is 1.05. The quantitative estimate of drug-likeness (QED) is 0.373. The highest BCUT2D eigenvalue weighted by atomic mass is 35.5. The fourth-order valence-corrected chi connectivity index (χ4v) is 4.21. The molecule has 0 amide bonds. The Labute approximate surface area is 213 Å². The first-order valence-corrected chi connectivity index (χ1v) is 11.7. The van der Waals surface area contributed by atoms with Crippen molar-refractivity contribution in [3.8, 4) is 17.2 Å². The van der Waals surface area contributed by atoms with E-state index >= 15 is 0 Å². The molecule has 0 bridgehead atoms. The fourth-order valence-electron chi connectivity index (χ4n) is 4.02. The van der Waals surface area contributed by atoms with E-state index in [1.54, 1.807) is 14.2 Å². The predicted molar refractivity (Wildman–Crippen MR) is 141 cm³/mol. The van der Waals surface area contributed by atoms with Crippen molar-refractivity contribution in [1.82, 2.24) is 4.90 Å². The lowest BCUT2D eigenvalue weighted by molar-refractivity contribution is 0.261. The van der Waals surface area contributed by atoms with Gasteiger partial charge in [-0.1, -0.05) is 41.9 Å². The number of rotatable bonds is 9. The summed E-state index contributed by atoms with van der Waals surface area (Å²) in [5.74, 6) is 2.16. The Morgan fingerprint density at radius 2 is 1.38 bits per heavy atom. The summed E-state index contributed by atoms with van der Waals surface area (Å²) in [6, 6.07) is 22.4. The van der Waals surface area contributed by atoms with Crippen LogP contribution in [0.15, 0.2) is 66.7 Å². The summed E-state index contributed by atoms with van der Waals surface area (Å²) in [4.78, 5) is 4.95. The summed E-state index contributed by atoms with van der Waals surface area (Å²) in [5, 5.41) is 0.798. The minimum atomic E-state index is 0. The first kappa shape index (κ1) is 26.0. The fraction of sp³-hybridized carbons (Fsp3) is 0.333. The van der Waals surface area contributed by atoms with E-state index in [0.29, 0.717) is 18.1 Å². The van der Waals surface area contributed by atoms with E-state index in [0.717, 1.165) is 55.5 Å². The van der Waals surface area contributed by atoms with Crippen LogP contribution >= 0.6 is 24.0 Å². The van der Waals surface area contributed by atoms with E-state index in [1.165, 1.54) is 11.3 Å². The molecule has 1 aliphatic rings. The molecule has 7 heteroatoms. The number of anilines is 1. The third kappa shape index (κ3) is 7.20. The van der Waals surface area contributed by atoms with Gasteiger partial charge in [0, 0.05) is 61.6 Å². The van der Waals surface area contributed by atoms with Crippen molar-refractivity contribution in [3.63, 3.8) is 0 Å². The van der Waals surface area contributed by atoms with Gasteiger partial charge in [-0.3, -0.25) is 4.90 Å². The first-order valence-electron chi connectivity index (χ1n) is 11.3. The normalized spacial score (nSPS) is 13.8. The highest BCUT2D eigenvalue weighted by molar-refractivity contribution is 6.30. The van der Waals surface area contributed by atoms with E-state index in [4.69, 9.17) is 25.8 Å². The van der Waals surface area contributed by atoms with Gasteiger partial charge in [0.15, 0.2) is 0 Å². The Morgan fingerprint density at radius 1 is 0.765 bits per heavy atom. The zero-order chi connectivity index (χ0) is 23.0. The molecule has 0 atom stereocenters. The highest BCUT2D eigenvalue weighted by Crippen LogP contribution is 2.28. The summed E-state index contributed by atoms with van der Waals surface area (Å²) in [5.41, 5.74) is 3.70. The summed E-state index contributed by atoms with van der Waals surface area (Å²) < 4.78 is 16.6. The molecule has 0 radical (unpaired) electrons. The van der Waals surface area contributed by atoms with Crippen LogP contribution in [0, 0.1) is 0 Å². The van der Waals surface area contributed by atoms with E-state index < -0.39 is 0 Å². The Balaban J connectivity index is 0.00000324. The van der Waals surface area contributed by atoms with Gasteiger partial charge < -0.3 is 19.1 Å². The van der Waals surface area contributed by atoms with Gasteiger partial charge in [0.2, 0.25) is 0 Å². The van der Waals surface area contributed by atoms with Crippen LogP contribution < -0.4 is 19.1 Å². The Kier molecular flexibility index (Phi) is 9.75. The molecule has 0 spiro atoms. The third-order valence-corrected chi connectivity index (χ3v) is 6.25. The number of methoxy groups -OCH3 is 2. The largest absolute Gasteiger partial charge is 0.496 e. The molecular formula is C27H32Cl2N2O3. The van der Waals surface area contributed by atoms with Gasteiger partial charge in [-0.15, -0.1) is 12.4 Å². The molecule has 0 aliphatic carbocycles. The highest BCUT2D eigenvalue weighted by Gasteiger charge is 2.17. The van der Waals surface area contributed by atoms with E-state index in [9.17, 15) is 0 Å². The lowest BCUT2D eigenvalue weighted by Gasteiger charge is -2.36. The number of benzene rings is 3. The second kappa shape index (κ2) is 12.7.